The summed E-state index contributed by atoms with van der Waals surface area (Å²) < 4.78 is 5.43. The SMILES string of the molecule is CC(C)CN(C(=O)c1cnc(C(C)(C)C)nc1NCc1ccccc1)[C@@H]1CNC[C@H](C(=O)N2CCOCC2)C1.Cl.Cl. The van der Waals surface area contributed by atoms with Gasteiger partial charge in [0.15, 0.2) is 0 Å². The van der Waals surface area contributed by atoms with E-state index in [4.69, 9.17) is 9.72 Å². The van der Waals surface area contributed by atoms with E-state index in [0.29, 0.717) is 76.1 Å². The molecule has 0 saturated carbocycles. The number of hydrogen-bond donors (Lipinski definition) is 2. The average molecular weight is 610 g/mol. The van der Waals surface area contributed by atoms with E-state index in [1.807, 2.05) is 40.1 Å². The molecular formula is C30H46Cl2N6O3. The summed E-state index contributed by atoms with van der Waals surface area (Å²) in [6, 6.07) is 9.97. The number of piperidine rings is 1. The molecule has 4 rings (SSSR count). The van der Waals surface area contributed by atoms with Gasteiger partial charge in [0.25, 0.3) is 5.91 Å². The smallest absolute Gasteiger partial charge is 0.259 e. The summed E-state index contributed by atoms with van der Waals surface area (Å²) in [5, 5.41) is 6.85. The number of carbonyl (C=O) groups excluding carboxylic acids is 2. The normalized spacial score (nSPS) is 19.1. The molecule has 2 aliphatic heterocycles. The average Bonchev–Trinajstić information content (AvgIpc) is 2.94. The molecule has 0 spiro atoms. The van der Waals surface area contributed by atoms with Gasteiger partial charge in [-0.15, -0.1) is 24.8 Å². The van der Waals surface area contributed by atoms with E-state index in [-0.39, 0.29) is 59.9 Å². The number of morpholine rings is 1. The minimum Gasteiger partial charge on any atom is -0.378 e. The van der Waals surface area contributed by atoms with Crippen molar-refractivity contribution in [3.05, 3.63) is 53.5 Å². The Morgan fingerprint density at radius 2 is 1.80 bits per heavy atom. The van der Waals surface area contributed by atoms with Gasteiger partial charge in [0.05, 0.1) is 19.1 Å². The van der Waals surface area contributed by atoms with Crippen molar-refractivity contribution < 1.29 is 14.3 Å². The molecule has 0 unspecified atom stereocenters. The van der Waals surface area contributed by atoms with Crippen LogP contribution in [0, 0.1) is 11.8 Å². The number of nitrogens with one attached hydrogen (secondary N) is 2. The fourth-order valence-corrected chi connectivity index (χ4v) is 5.15. The maximum absolute atomic E-state index is 14.2. The van der Waals surface area contributed by atoms with Gasteiger partial charge in [0, 0.05) is 56.9 Å². The molecule has 1 aromatic heterocycles. The Kier molecular flexibility index (Phi) is 13.3. The molecule has 2 N–H and O–H groups in total. The fourth-order valence-electron chi connectivity index (χ4n) is 5.15. The predicted molar refractivity (Wildman–Crippen MR) is 167 cm³/mol. The molecule has 11 heteroatoms. The number of ether oxygens (including phenoxy) is 1. The van der Waals surface area contributed by atoms with Crippen LogP contribution in [0.4, 0.5) is 5.82 Å². The minimum atomic E-state index is -0.261. The molecule has 9 nitrogen and oxygen atoms in total. The number of halogens is 2. The van der Waals surface area contributed by atoms with Crippen molar-refractivity contribution in [2.45, 2.75) is 59.0 Å². The van der Waals surface area contributed by atoms with Crippen LogP contribution in [0.5, 0.6) is 0 Å². The van der Waals surface area contributed by atoms with Crippen LogP contribution < -0.4 is 10.6 Å². The van der Waals surface area contributed by atoms with E-state index < -0.39 is 0 Å². The van der Waals surface area contributed by atoms with Gasteiger partial charge in [-0.05, 0) is 17.9 Å². The Morgan fingerprint density at radius 1 is 1.12 bits per heavy atom. The lowest BCUT2D eigenvalue weighted by Crippen LogP contribution is -2.56. The van der Waals surface area contributed by atoms with Gasteiger partial charge in [-0.3, -0.25) is 9.59 Å². The first kappa shape index (κ1) is 34.7. The van der Waals surface area contributed by atoms with Crippen molar-refractivity contribution in [3.63, 3.8) is 0 Å². The number of amides is 2. The molecule has 1 aromatic carbocycles. The van der Waals surface area contributed by atoms with Gasteiger partial charge in [-0.2, -0.15) is 0 Å². The largest absolute Gasteiger partial charge is 0.378 e. The van der Waals surface area contributed by atoms with Crippen LogP contribution >= 0.6 is 24.8 Å². The van der Waals surface area contributed by atoms with Crippen LogP contribution in [0.1, 0.15) is 62.8 Å². The summed E-state index contributed by atoms with van der Waals surface area (Å²) in [4.78, 5) is 40.8. The summed E-state index contributed by atoms with van der Waals surface area (Å²) >= 11 is 0. The van der Waals surface area contributed by atoms with Gasteiger partial charge in [-0.25, -0.2) is 9.97 Å². The van der Waals surface area contributed by atoms with Gasteiger partial charge in [-0.1, -0.05) is 65.0 Å². The molecule has 2 fully saturated rings. The van der Waals surface area contributed by atoms with E-state index >= 15 is 0 Å². The van der Waals surface area contributed by atoms with Crippen LogP contribution in [0.15, 0.2) is 36.5 Å². The number of nitrogens with zero attached hydrogens (tertiary/aromatic N) is 4. The maximum atomic E-state index is 14.2. The van der Waals surface area contributed by atoms with E-state index in [2.05, 4.69) is 50.2 Å². The summed E-state index contributed by atoms with van der Waals surface area (Å²) in [5.41, 5.74) is 1.30. The number of carbonyl (C=O) groups is 2. The van der Waals surface area contributed by atoms with Crippen molar-refractivity contribution in [2.75, 3.05) is 51.3 Å². The first-order valence-corrected chi connectivity index (χ1v) is 14.2. The molecule has 2 aliphatic rings. The zero-order valence-electron chi connectivity index (χ0n) is 24.9. The van der Waals surface area contributed by atoms with E-state index in [1.165, 1.54) is 0 Å². The van der Waals surface area contributed by atoms with E-state index in [1.54, 1.807) is 6.20 Å². The summed E-state index contributed by atoms with van der Waals surface area (Å²) in [5.74, 6) is 1.36. The third-order valence-electron chi connectivity index (χ3n) is 7.26. The summed E-state index contributed by atoms with van der Waals surface area (Å²) in [6.45, 7) is 15.2. The topological polar surface area (TPSA) is 99.7 Å². The molecule has 41 heavy (non-hydrogen) atoms. The van der Waals surface area contributed by atoms with Crippen molar-refractivity contribution in [1.29, 1.82) is 0 Å². The highest BCUT2D eigenvalue weighted by Crippen LogP contribution is 2.26. The second kappa shape index (κ2) is 15.7. The first-order chi connectivity index (χ1) is 18.6. The van der Waals surface area contributed by atoms with Crippen LogP contribution in [0.3, 0.4) is 0 Å². The first-order valence-electron chi connectivity index (χ1n) is 14.2. The zero-order chi connectivity index (χ0) is 28.0. The standard InChI is InChI=1S/C30H44N6O3.2ClH/c1-21(2)20-36(24-15-23(17-31-18-24)27(37)35-11-13-39-14-12-35)28(38)25-19-33-29(30(3,4)5)34-26(25)32-16-22-9-7-6-8-10-22;;/h6-10,19,21,23-24,31H,11-18,20H2,1-5H3,(H,32,33,34);2*1H/t23-,24+;;/m1../s1. The van der Waals surface area contributed by atoms with Gasteiger partial charge in [0.2, 0.25) is 5.91 Å². The second-order valence-electron chi connectivity index (χ2n) is 12.1. The van der Waals surface area contributed by atoms with E-state index in [9.17, 15) is 9.59 Å². The summed E-state index contributed by atoms with van der Waals surface area (Å²) in [7, 11) is 0. The van der Waals surface area contributed by atoms with Gasteiger partial charge >= 0.3 is 0 Å². The molecule has 2 amide bonds. The monoisotopic (exact) mass is 608 g/mol. The lowest BCUT2D eigenvalue weighted by atomic mass is 9.92. The van der Waals surface area contributed by atoms with Gasteiger partial charge < -0.3 is 25.2 Å². The number of hydrogen-bond acceptors (Lipinski definition) is 7. The number of anilines is 1. The highest BCUT2D eigenvalue weighted by molar-refractivity contribution is 5.98. The fraction of sp³-hybridized carbons (Fsp3) is 0.600. The Hall–Kier alpha value is -2.46. The molecule has 0 aliphatic carbocycles. The maximum Gasteiger partial charge on any atom is 0.259 e. The molecule has 2 atom stereocenters. The van der Waals surface area contributed by atoms with Crippen molar-refractivity contribution >= 4 is 42.4 Å². The third kappa shape index (κ3) is 9.26. The number of aromatic nitrogens is 2. The molecule has 0 radical (unpaired) electrons. The Morgan fingerprint density at radius 3 is 2.44 bits per heavy atom. The Labute approximate surface area is 257 Å². The number of rotatable bonds is 8. The van der Waals surface area contributed by atoms with Crippen LogP contribution in [-0.4, -0.2) is 83.6 Å². The molecular weight excluding hydrogens is 563 g/mol. The minimum absolute atomic E-state index is 0. The Balaban J connectivity index is 0.00000294. The molecule has 228 valence electrons. The Bertz CT molecular complexity index is 1120. The highest BCUT2D eigenvalue weighted by Gasteiger charge is 2.36. The van der Waals surface area contributed by atoms with Crippen LogP contribution in [0.2, 0.25) is 0 Å². The lowest BCUT2D eigenvalue weighted by molar-refractivity contribution is -0.140. The molecule has 2 aromatic rings. The van der Waals surface area contributed by atoms with Crippen molar-refractivity contribution in [3.8, 4) is 0 Å². The molecule has 2 saturated heterocycles. The van der Waals surface area contributed by atoms with Gasteiger partial charge in [0.1, 0.15) is 17.2 Å². The van der Waals surface area contributed by atoms with Crippen molar-refractivity contribution in [2.24, 2.45) is 11.8 Å². The van der Waals surface area contributed by atoms with Crippen LogP contribution in [-0.2, 0) is 21.5 Å². The number of benzene rings is 1. The quantitative estimate of drug-likeness (QED) is 0.464. The lowest BCUT2D eigenvalue weighted by Gasteiger charge is -2.40. The summed E-state index contributed by atoms with van der Waals surface area (Å²) in [6.07, 6.45) is 2.30. The second-order valence-corrected chi connectivity index (χ2v) is 12.1. The highest BCUT2D eigenvalue weighted by atomic mass is 35.5. The van der Waals surface area contributed by atoms with Crippen molar-refractivity contribution in [1.82, 2.24) is 25.1 Å². The molecule has 0 bridgehead atoms. The third-order valence-corrected chi connectivity index (χ3v) is 7.26. The van der Waals surface area contributed by atoms with Crippen LogP contribution in [0.25, 0.3) is 0 Å². The van der Waals surface area contributed by atoms with E-state index in [0.717, 1.165) is 5.56 Å². The predicted octanol–water partition coefficient (Wildman–Crippen LogP) is 4.16. The molecule has 3 heterocycles. The zero-order valence-corrected chi connectivity index (χ0v) is 26.5.